The van der Waals surface area contributed by atoms with Crippen LogP contribution in [0.2, 0.25) is 0 Å². The summed E-state index contributed by atoms with van der Waals surface area (Å²) in [4.78, 5) is 19.1. The van der Waals surface area contributed by atoms with Crippen molar-refractivity contribution in [2.24, 2.45) is 4.99 Å². The number of aryl methyl sites for hydroxylation is 2. The molecule has 0 spiro atoms. The maximum Gasteiger partial charge on any atom is 0.311 e. The molecule has 0 saturated heterocycles. The Morgan fingerprint density at radius 3 is 2.62 bits per heavy atom. The molecule has 0 unspecified atom stereocenters. The lowest BCUT2D eigenvalue weighted by Crippen LogP contribution is -1.91. The number of nitrogens with zero attached hydrogens (tertiary/aromatic N) is 3. The number of nitro groups is 1. The van der Waals surface area contributed by atoms with Crippen molar-refractivity contribution in [3.8, 4) is 17.2 Å². The zero-order valence-electron chi connectivity index (χ0n) is 15.8. The monoisotopic (exact) mass is 387 g/mol. The minimum Gasteiger partial charge on any atom is -0.502 e. The van der Waals surface area contributed by atoms with E-state index in [2.05, 4.69) is 16.0 Å². The number of hydrogen-bond acceptors (Lipinski definition) is 6. The summed E-state index contributed by atoms with van der Waals surface area (Å²) in [5, 5.41) is 20.9. The van der Waals surface area contributed by atoms with E-state index in [0.717, 1.165) is 27.8 Å². The standard InChI is InChI=1S/C22H17N3O4/c1-13-10-14(2)21-18(11-13)24-22(29-21)15-6-8-17(9-7-15)23-12-16-4-3-5-19(20(16)26)25(27)28/h3-12,26H,1-2H3. The second-order valence-electron chi connectivity index (χ2n) is 6.73. The van der Waals surface area contributed by atoms with E-state index in [1.165, 1.54) is 18.3 Å². The fourth-order valence-corrected chi connectivity index (χ4v) is 3.13. The molecule has 3 aromatic carbocycles. The van der Waals surface area contributed by atoms with Crippen molar-refractivity contribution in [1.29, 1.82) is 0 Å². The van der Waals surface area contributed by atoms with Crippen molar-refractivity contribution in [2.45, 2.75) is 13.8 Å². The van der Waals surface area contributed by atoms with Crippen LogP contribution < -0.4 is 0 Å². The predicted octanol–water partition coefficient (Wildman–Crippen LogP) is 5.48. The van der Waals surface area contributed by atoms with E-state index in [4.69, 9.17) is 4.42 Å². The van der Waals surface area contributed by atoms with Gasteiger partial charge in [0.15, 0.2) is 5.58 Å². The number of fused-ring (bicyclic) bond motifs is 1. The number of oxazole rings is 1. The Hall–Kier alpha value is -4.00. The Morgan fingerprint density at radius 1 is 1.14 bits per heavy atom. The molecule has 7 heteroatoms. The minimum absolute atomic E-state index is 0.271. The highest BCUT2D eigenvalue weighted by atomic mass is 16.6. The van der Waals surface area contributed by atoms with E-state index in [0.29, 0.717) is 11.6 Å². The number of aromatic nitrogens is 1. The molecule has 0 aliphatic heterocycles. The van der Waals surface area contributed by atoms with Crippen LogP contribution in [-0.4, -0.2) is 21.2 Å². The third-order valence-corrected chi connectivity index (χ3v) is 4.53. The van der Waals surface area contributed by atoms with Gasteiger partial charge in [0.25, 0.3) is 0 Å². The van der Waals surface area contributed by atoms with Gasteiger partial charge < -0.3 is 9.52 Å². The predicted molar refractivity (Wildman–Crippen MR) is 111 cm³/mol. The molecular weight excluding hydrogens is 370 g/mol. The smallest absolute Gasteiger partial charge is 0.311 e. The molecule has 1 aromatic heterocycles. The van der Waals surface area contributed by atoms with Gasteiger partial charge in [0.1, 0.15) is 5.52 Å². The largest absolute Gasteiger partial charge is 0.502 e. The van der Waals surface area contributed by atoms with Gasteiger partial charge in [0, 0.05) is 23.4 Å². The number of benzene rings is 3. The molecule has 29 heavy (non-hydrogen) atoms. The summed E-state index contributed by atoms with van der Waals surface area (Å²) in [7, 11) is 0. The number of aliphatic imine (C=N–C) groups is 1. The second-order valence-corrected chi connectivity index (χ2v) is 6.73. The first-order chi connectivity index (χ1) is 13.9. The molecule has 144 valence electrons. The first-order valence-corrected chi connectivity index (χ1v) is 8.91. The normalized spacial score (nSPS) is 11.4. The average Bonchev–Trinajstić information content (AvgIpc) is 3.12. The maximum atomic E-state index is 10.9. The van der Waals surface area contributed by atoms with Gasteiger partial charge >= 0.3 is 5.69 Å². The quantitative estimate of drug-likeness (QED) is 0.284. The van der Waals surface area contributed by atoms with Gasteiger partial charge in [0.05, 0.1) is 10.6 Å². The highest BCUT2D eigenvalue weighted by Gasteiger charge is 2.15. The van der Waals surface area contributed by atoms with Crippen LogP contribution in [0.1, 0.15) is 16.7 Å². The van der Waals surface area contributed by atoms with Crippen LogP contribution in [-0.2, 0) is 0 Å². The van der Waals surface area contributed by atoms with Crippen LogP contribution in [0.5, 0.6) is 5.75 Å². The Kier molecular flexibility index (Phi) is 4.56. The fraction of sp³-hybridized carbons (Fsp3) is 0.0909. The molecule has 0 atom stereocenters. The molecule has 0 saturated carbocycles. The molecule has 0 aliphatic carbocycles. The van der Waals surface area contributed by atoms with E-state index in [9.17, 15) is 15.2 Å². The first-order valence-electron chi connectivity index (χ1n) is 8.91. The molecule has 0 amide bonds. The van der Waals surface area contributed by atoms with Crippen LogP contribution in [0.25, 0.3) is 22.6 Å². The molecule has 4 aromatic rings. The molecule has 0 bridgehead atoms. The van der Waals surface area contributed by atoms with Crippen molar-refractivity contribution < 1.29 is 14.4 Å². The molecule has 4 rings (SSSR count). The molecule has 7 nitrogen and oxygen atoms in total. The van der Waals surface area contributed by atoms with Gasteiger partial charge in [-0.2, -0.15) is 0 Å². The summed E-state index contributed by atoms with van der Waals surface area (Å²) in [6.45, 7) is 4.01. The van der Waals surface area contributed by atoms with Gasteiger partial charge in [0.2, 0.25) is 11.6 Å². The summed E-state index contributed by atoms with van der Waals surface area (Å²) in [6, 6.07) is 15.6. The lowest BCUT2D eigenvalue weighted by Gasteiger charge is -2.00. The fourth-order valence-electron chi connectivity index (χ4n) is 3.13. The Balaban J connectivity index is 1.60. The highest BCUT2D eigenvalue weighted by molar-refractivity contribution is 5.87. The number of phenolic OH excluding ortho intramolecular Hbond substituents is 1. The molecule has 1 heterocycles. The lowest BCUT2D eigenvalue weighted by atomic mass is 10.1. The SMILES string of the molecule is Cc1cc(C)c2oc(-c3ccc(N=Cc4cccc([N+](=O)[O-])c4O)cc3)nc2c1. The summed E-state index contributed by atoms with van der Waals surface area (Å²) < 4.78 is 5.91. The van der Waals surface area contributed by atoms with Gasteiger partial charge in [-0.15, -0.1) is 0 Å². The van der Waals surface area contributed by atoms with Crippen LogP contribution >= 0.6 is 0 Å². The van der Waals surface area contributed by atoms with Crippen LogP contribution in [0.15, 0.2) is 64.0 Å². The summed E-state index contributed by atoms with van der Waals surface area (Å²) in [5.41, 5.74) is 5.12. The minimum atomic E-state index is -0.634. The number of hydrogen-bond donors (Lipinski definition) is 1. The number of rotatable bonds is 4. The summed E-state index contributed by atoms with van der Waals surface area (Å²) in [6.07, 6.45) is 1.39. The van der Waals surface area contributed by atoms with E-state index >= 15 is 0 Å². The third kappa shape index (κ3) is 3.58. The van der Waals surface area contributed by atoms with E-state index < -0.39 is 10.7 Å². The van der Waals surface area contributed by atoms with Crippen molar-refractivity contribution >= 4 is 28.7 Å². The number of nitro benzene ring substituents is 1. The molecule has 0 radical (unpaired) electrons. The average molecular weight is 387 g/mol. The highest BCUT2D eigenvalue weighted by Crippen LogP contribution is 2.30. The van der Waals surface area contributed by atoms with Gasteiger partial charge in [-0.25, -0.2) is 4.98 Å². The van der Waals surface area contributed by atoms with Crippen LogP contribution in [0.3, 0.4) is 0 Å². The van der Waals surface area contributed by atoms with Gasteiger partial charge in [-0.1, -0.05) is 12.1 Å². The Morgan fingerprint density at radius 2 is 1.90 bits per heavy atom. The lowest BCUT2D eigenvalue weighted by molar-refractivity contribution is -0.385. The number of para-hydroxylation sites is 1. The summed E-state index contributed by atoms with van der Waals surface area (Å²) in [5.74, 6) is 0.121. The second kappa shape index (κ2) is 7.20. The maximum absolute atomic E-state index is 10.9. The molecule has 0 aliphatic rings. The number of aromatic hydroxyl groups is 1. The van der Waals surface area contributed by atoms with Crippen molar-refractivity contribution in [1.82, 2.24) is 4.98 Å². The zero-order chi connectivity index (χ0) is 20.5. The van der Waals surface area contributed by atoms with Gasteiger partial charge in [-0.3, -0.25) is 15.1 Å². The van der Waals surface area contributed by atoms with E-state index in [1.54, 1.807) is 18.2 Å². The van der Waals surface area contributed by atoms with E-state index in [1.807, 2.05) is 32.0 Å². The number of phenols is 1. The van der Waals surface area contributed by atoms with Crippen LogP contribution in [0.4, 0.5) is 11.4 Å². The third-order valence-electron chi connectivity index (χ3n) is 4.53. The topological polar surface area (TPSA) is 102 Å². The zero-order valence-corrected chi connectivity index (χ0v) is 15.8. The van der Waals surface area contributed by atoms with Crippen molar-refractivity contribution in [3.05, 3.63) is 81.4 Å². The Bertz CT molecular complexity index is 1260. The Labute approximate surface area is 166 Å². The van der Waals surface area contributed by atoms with Gasteiger partial charge in [-0.05, 0) is 61.4 Å². The summed E-state index contributed by atoms with van der Waals surface area (Å²) >= 11 is 0. The molecular formula is C22H17N3O4. The molecule has 1 N–H and O–H groups in total. The molecule has 0 fully saturated rings. The van der Waals surface area contributed by atoms with E-state index in [-0.39, 0.29) is 11.3 Å². The van der Waals surface area contributed by atoms with Crippen molar-refractivity contribution in [3.63, 3.8) is 0 Å². The van der Waals surface area contributed by atoms with Crippen LogP contribution in [0, 0.1) is 24.0 Å². The van der Waals surface area contributed by atoms with Crippen molar-refractivity contribution in [2.75, 3.05) is 0 Å². The first kappa shape index (κ1) is 18.4.